The van der Waals surface area contributed by atoms with Crippen molar-refractivity contribution >= 4 is 29.3 Å². The number of amides is 3. The summed E-state index contributed by atoms with van der Waals surface area (Å²) in [6.07, 6.45) is 0.838. The van der Waals surface area contributed by atoms with Gasteiger partial charge in [0.15, 0.2) is 11.5 Å². The summed E-state index contributed by atoms with van der Waals surface area (Å²) in [5, 5.41) is 2.70. The maximum absolute atomic E-state index is 12.2. The Hall–Kier alpha value is -3.26. The van der Waals surface area contributed by atoms with E-state index >= 15 is 0 Å². The summed E-state index contributed by atoms with van der Waals surface area (Å²) >= 11 is 5.93. The number of methoxy groups -OCH3 is 1. The molecule has 0 aliphatic carbocycles. The van der Waals surface area contributed by atoms with E-state index in [1.807, 2.05) is 6.92 Å². The molecule has 0 radical (unpaired) electrons. The fraction of sp³-hybridized carbons (Fsp3) is 0.250. The molecule has 0 atom stereocenters. The van der Waals surface area contributed by atoms with Crippen LogP contribution in [0.1, 0.15) is 34.1 Å². The lowest BCUT2D eigenvalue weighted by Gasteiger charge is -2.12. The molecule has 0 spiro atoms. The highest BCUT2D eigenvalue weighted by molar-refractivity contribution is 6.33. The molecular weight excluding hydrogens is 398 g/mol. The van der Waals surface area contributed by atoms with Crippen LogP contribution in [0, 0.1) is 0 Å². The van der Waals surface area contributed by atoms with E-state index in [-0.39, 0.29) is 22.7 Å². The molecule has 3 N–H and O–H groups in total. The fourth-order valence-electron chi connectivity index (χ4n) is 2.28. The summed E-state index contributed by atoms with van der Waals surface area (Å²) in [5.74, 6) is -0.712. The van der Waals surface area contributed by atoms with Crippen LogP contribution in [0.3, 0.4) is 0 Å². The van der Waals surface area contributed by atoms with E-state index in [4.69, 9.17) is 21.1 Å². The average Bonchev–Trinajstić information content (AvgIpc) is 2.74. The van der Waals surface area contributed by atoms with Gasteiger partial charge in [-0.15, -0.1) is 0 Å². The maximum Gasteiger partial charge on any atom is 0.269 e. The highest BCUT2D eigenvalue weighted by Crippen LogP contribution is 2.28. The van der Waals surface area contributed by atoms with E-state index in [2.05, 4.69) is 16.2 Å². The molecule has 154 valence electrons. The van der Waals surface area contributed by atoms with E-state index in [9.17, 15) is 14.4 Å². The number of halogens is 1. The Morgan fingerprint density at radius 2 is 1.76 bits per heavy atom. The van der Waals surface area contributed by atoms with Gasteiger partial charge in [-0.05, 0) is 36.8 Å². The number of nitrogens with one attached hydrogen (secondary N) is 3. The first-order chi connectivity index (χ1) is 14.0. The Morgan fingerprint density at radius 3 is 2.45 bits per heavy atom. The highest BCUT2D eigenvalue weighted by Gasteiger charge is 2.14. The number of carbonyl (C=O) groups is 3. The van der Waals surface area contributed by atoms with Crippen molar-refractivity contribution in [1.82, 2.24) is 16.2 Å². The second-order valence-corrected chi connectivity index (χ2v) is 6.29. The minimum Gasteiger partial charge on any atom is -0.493 e. The molecule has 2 aromatic rings. The molecule has 0 bridgehead atoms. The molecule has 0 unspecified atom stereocenters. The predicted molar refractivity (Wildman–Crippen MR) is 108 cm³/mol. The van der Waals surface area contributed by atoms with Gasteiger partial charge in [0.05, 0.1) is 30.8 Å². The Bertz CT molecular complexity index is 888. The molecular formula is C20H22ClN3O5. The largest absolute Gasteiger partial charge is 0.493 e. The van der Waals surface area contributed by atoms with Crippen molar-refractivity contribution in [3.63, 3.8) is 0 Å². The highest BCUT2D eigenvalue weighted by atomic mass is 35.5. The molecule has 0 saturated heterocycles. The van der Waals surface area contributed by atoms with Crippen molar-refractivity contribution in [2.75, 3.05) is 20.3 Å². The average molecular weight is 420 g/mol. The van der Waals surface area contributed by atoms with Crippen molar-refractivity contribution in [2.24, 2.45) is 0 Å². The Labute approximate surface area is 173 Å². The second-order valence-electron chi connectivity index (χ2n) is 5.88. The van der Waals surface area contributed by atoms with E-state index in [1.54, 1.807) is 36.4 Å². The Balaban J connectivity index is 1.86. The number of carbonyl (C=O) groups excluding carboxylic acids is 3. The number of hydrazine groups is 1. The molecule has 2 rings (SSSR count). The molecule has 29 heavy (non-hydrogen) atoms. The molecule has 3 amide bonds. The van der Waals surface area contributed by atoms with Crippen molar-refractivity contribution in [3.8, 4) is 11.5 Å². The smallest absolute Gasteiger partial charge is 0.269 e. The molecule has 0 aliphatic heterocycles. The van der Waals surface area contributed by atoms with Gasteiger partial charge in [0.1, 0.15) is 0 Å². The van der Waals surface area contributed by atoms with Gasteiger partial charge < -0.3 is 14.8 Å². The summed E-state index contributed by atoms with van der Waals surface area (Å²) in [6.45, 7) is 2.17. The standard InChI is InChI=1S/C20H22ClN3O5/c1-3-10-29-16-9-8-13(11-17(16)28-2)19(26)24-23-18(25)12-22-20(27)14-6-4-5-7-15(14)21/h4-9,11H,3,10,12H2,1-2H3,(H,22,27)(H,23,25)(H,24,26). The topological polar surface area (TPSA) is 106 Å². The van der Waals surface area contributed by atoms with Gasteiger partial charge in [-0.25, -0.2) is 0 Å². The summed E-state index contributed by atoms with van der Waals surface area (Å²) < 4.78 is 10.8. The maximum atomic E-state index is 12.2. The Morgan fingerprint density at radius 1 is 1.00 bits per heavy atom. The summed E-state index contributed by atoms with van der Waals surface area (Å²) in [6, 6.07) is 11.1. The summed E-state index contributed by atoms with van der Waals surface area (Å²) in [5.41, 5.74) is 5.03. The third kappa shape index (κ3) is 6.39. The van der Waals surface area contributed by atoms with Crippen molar-refractivity contribution in [1.29, 1.82) is 0 Å². The Kier molecular flexibility index (Phi) is 8.29. The first kappa shape index (κ1) is 22.0. The van der Waals surface area contributed by atoms with E-state index in [0.717, 1.165) is 6.42 Å². The van der Waals surface area contributed by atoms with Crippen LogP contribution < -0.4 is 25.6 Å². The second kappa shape index (κ2) is 10.9. The zero-order valence-corrected chi connectivity index (χ0v) is 16.8. The monoisotopic (exact) mass is 419 g/mol. The van der Waals surface area contributed by atoms with E-state index in [0.29, 0.717) is 18.1 Å². The normalized spacial score (nSPS) is 10.0. The molecule has 8 nitrogen and oxygen atoms in total. The third-order valence-corrected chi connectivity index (χ3v) is 4.06. The molecule has 0 aliphatic rings. The third-order valence-electron chi connectivity index (χ3n) is 3.73. The lowest BCUT2D eigenvalue weighted by Crippen LogP contribution is -2.46. The lowest BCUT2D eigenvalue weighted by molar-refractivity contribution is -0.120. The zero-order chi connectivity index (χ0) is 21.2. The lowest BCUT2D eigenvalue weighted by atomic mass is 10.2. The number of hydrogen-bond acceptors (Lipinski definition) is 5. The zero-order valence-electron chi connectivity index (χ0n) is 16.1. The SMILES string of the molecule is CCCOc1ccc(C(=O)NNC(=O)CNC(=O)c2ccccc2Cl)cc1OC. The van der Waals surface area contributed by atoms with Crippen molar-refractivity contribution in [3.05, 3.63) is 58.6 Å². The first-order valence-corrected chi connectivity index (χ1v) is 9.26. The quantitative estimate of drug-likeness (QED) is 0.569. The van der Waals surface area contributed by atoms with Gasteiger partial charge in [0.25, 0.3) is 17.7 Å². The first-order valence-electron chi connectivity index (χ1n) is 8.89. The van der Waals surface area contributed by atoms with Crippen molar-refractivity contribution < 1.29 is 23.9 Å². The predicted octanol–water partition coefficient (Wildman–Crippen LogP) is 2.33. The van der Waals surface area contributed by atoms with Crippen LogP contribution in [-0.4, -0.2) is 38.0 Å². The summed E-state index contributed by atoms with van der Waals surface area (Å²) in [7, 11) is 1.47. The van der Waals surface area contributed by atoms with Crippen LogP contribution in [-0.2, 0) is 4.79 Å². The van der Waals surface area contributed by atoms with Crippen LogP contribution in [0.15, 0.2) is 42.5 Å². The molecule has 0 aromatic heterocycles. The summed E-state index contributed by atoms with van der Waals surface area (Å²) in [4.78, 5) is 36.1. The molecule has 2 aromatic carbocycles. The van der Waals surface area contributed by atoms with Gasteiger partial charge in [-0.2, -0.15) is 0 Å². The molecule has 9 heteroatoms. The minimum absolute atomic E-state index is 0.253. The van der Waals surface area contributed by atoms with Gasteiger partial charge in [0.2, 0.25) is 0 Å². The molecule has 0 saturated carbocycles. The fourth-order valence-corrected chi connectivity index (χ4v) is 2.51. The van der Waals surface area contributed by atoms with Gasteiger partial charge in [-0.3, -0.25) is 25.2 Å². The van der Waals surface area contributed by atoms with Crippen molar-refractivity contribution in [2.45, 2.75) is 13.3 Å². The van der Waals surface area contributed by atoms with Gasteiger partial charge >= 0.3 is 0 Å². The van der Waals surface area contributed by atoms with Crippen LogP contribution in [0.4, 0.5) is 0 Å². The molecule has 0 fully saturated rings. The number of ether oxygens (including phenoxy) is 2. The number of rotatable bonds is 8. The van der Waals surface area contributed by atoms with Crippen LogP contribution in [0.2, 0.25) is 5.02 Å². The van der Waals surface area contributed by atoms with E-state index < -0.39 is 17.7 Å². The number of hydrogen-bond donors (Lipinski definition) is 3. The minimum atomic E-state index is -0.603. The van der Waals surface area contributed by atoms with Gasteiger partial charge in [-0.1, -0.05) is 30.7 Å². The van der Waals surface area contributed by atoms with Crippen LogP contribution in [0.25, 0.3) is 0 Å². The van der Waals surface area contributed by atoms with Crippen LogP contribution in [0.5, 0.6) is 11.5 Å². The number of benzene rings is 2. The molecule has 0 heterocycles. The van der Waals surface area contributed by atoms with Gasteiger partial charge in [0, 0.05) is 5.56 Å². The van der Waals surface area contributed by atoms with E-state index in [1.165, 1.54) is 13.2 Å². The van der Waals surface area contributed by atoms with Crippen LogP contribution >= 0.6 is 11.6 Å².